The maximum atomic E-state index is 6.04. The van der Waals surface area contributed by atoms with Gasteiger partial charge < -0.3 is 5.73 Å². The SMILES string of the molecule is Cc1cc(C)c(-c2nnnn2CC(C)C(C)(C)C)cc1N. The molecule has 1 atom stereocenters. The second-order valence-corrected chi connectivity index (χ2v) is 6.98. The molecule has 0 amide bonds. The lowest BCUT2D eigenvalue weighted by atomic mass is 9.82. The Balaban J connectivity index is 2.39. The molecule has 0 saturated carbocycles. The van der Waals surface area contributed by atoms with Gasteiger partial charge in [-0.2, -0.15) is 0 Å². The van der Waals surface area contributed by atoms with E-state index in [1.165, 1.54) is 0 Å². The number of rotatable bonds is 3. The number of nitrogens with two attached hydrogens (primary N) is 1. The van der Waals surface area contributed by atoms with Gasteiger partial charge in [0.15, 0.2) is 5.82 Å². The molecule has 0 spiro atoms. The number of aryl methyl sites for hydroxylation is 2. The van der Waals surface area contributed by atoms with Crippen molar-refractivity contribution < 1.29 is 0 Å². The molecule has 2 N–H and O–H groups in total. The van der Waals surface area contributed by atoms with Crippen LogP contribution in [0.5, 0.6) is 0 Å². The average Bonchev–Trinajstić information content (AvgIpc) is 2.80. The molecule has 0 aliphatic heterocycles. The fraction of sp³-hybridized carbons (Fsp3) is 0.562. The highest BCUT2D eigenvalue weighted by molar-refractivity contribution is 5.67. The van der Waals surface area contributed by atoms with Gasteiger partial charge in [-0.15, -0.1) is 5.10 Å². The summed E-state index contributed by atoms with van der Waals surface area (Å²) in [7, 11) is 0. The van der Waals surface area contributed by atoms with Crippen molar-refractivity contribution in [1.82, 2.24) is 20.2 Å². The molecule has 1 unspecified atom stereocenters. The van der Waals surface area contributed by atoms with Crippen molar-refractivity contribution in [3.05, 3.63) is 23.3 Å². The molecule has 0 bridgehead atoms. The third-order valence-corrected chi connectivity index (χ3v) is 4.31. The molecular weight excluding hydrogens is 262 g/mol. The van der Waals surface area contributed by atoms with E-state index in [-0.39, 0.29) is 5.41 Å². The van der Waals surface area contributed by atoms with Crippen molar-refractivity contribution >= 4 is 5.69 Å². The Morgan fingerprint density at radius 3 is 2.48 bits per heavy atom. The predicted octanol–water partition coefficient (Wildman–Crippen LogP) is 3.22. The smallest absolute Gasteiger partial charge is 0.182 e. The zero-order valence-electron chi connectivity index (χ0n) is 13.8. The van der Waals surface area contributed by atoms with Crippen LogP contribution in [-0.4, -0.2) is 20.2 Å². The molecule has 2 aromatic rings. The van der Waals surface area contributed by atoms with Crippen LogP contribution in [-0.2, 0) is 6.54 Å². The number of anilines is 1. The predicted molar refractivity (Wildman–Crippen MR) is 85.8 cm³/mol. The molecule has 0 radical (unpaired) electrons. The summed E-state index contributed by atoms with van der Waals surface area (Å²) in [6, 6.07) is 4.05. The average molecular weight is 287 g/mol. The second kappa shape index (κ2) is 5.47. The van der Waals surface area contributed by atoms with E-state index >= 15 is 0 Å². The van der Waals surface area contributed by atoms with Crippen LogP contribution in [0.25, 0.3) is 11.4 Å². The highest BCUT2D eigenvalue weighted by atomic mass is 15.5. The molecule has 1 heterocycles. The van der Waals surface area contributed by atoms with Crippen LogP contribution in [0.1, 0.15) is 38.8 Å². The lowest BCUT2D eigenvalue weighted by molar-refractivity contribution is 0.225. The molecule has 1 aromatic carbocycles. The minimum Gasteiger partial charge on any atom is -0.398 e. The summed E-state index contributed by atoms with van der Waals surface area (Å²) < 4.78 is 1.88. The maximum Gasteiger partial charge on any atom is 0.182 e. The van der Waals surface area contributed by atoms with Gasteiger partial charge in [-0.05, 0) is 52.8 Å². The number of hydrogen-bond acceptors (Lipinski definition) is 4. The van der Waals surface area contributed by atoms with Gasteiger partial charge in [-0.25, -0.2) is 4.68 Å². The second-order valence-electron chi connectivity index (χ2n) is 6.98. The Morgan fingerprint density at radius 1 is 1.19 bits per heavy atom. The summed E-state index contributed by atoms with van der Waals surface area (Å²) in [5.41, 5.74) is 10.2. The zero-order valence-corrected chi connectivity index (χ0v) is 13.8. The highest BCUT2D eigenvalue weighted by Gasteiger charge is 2.23. The normalized spacial score (nSPS) is 13.4. The molecule has 0 saturated heterocycles. The van der Waals surface area contributed by atoms with Gasteiger partial charge in [0.1, 0.15) is 0 Å². The molecule has 0 fully saturated rings. The minimum absolute atomic E-state index is 0.213. The number of nitrogen functional groups attached to an aromatic ring is 1. The first kappa shape index (κ1) is 15.5. The molecule has 0 aliphatic rings. The molecule has 114 valence electrons. The van der Waals surface area contributed by atoms with Gasteiger partial charge in [-0.1, -0.05) is 33.8 Å². The van der Waals surface area contributed by atoms with Crippen LogP contribution in [0.15, 0.2) is 12.1 Å². The van der Waals surface area contributed by atoms with E-state index in [1.54, 1.807) is 0 Å². The first-order chi connectivity index (χ1) is 9.70. The van der Waals surface area contributed by atoms with E-state index < -0.39 is 0 Å². The van der Waals surface area contributed by atoms with Gasteiger partial charge in [0.2, 0.25) is 0 Å². The quantitative estimate of drug-likeness (QED) is 0.880. The summed E-state index contributed by atoms with van der Waals surface area (Å²) in [4.78, 5) is 0. The molecule has 5 nitrogen and oxygen atoms in total. The Morgan fingerprint density at radius 2 is 1.86 bits per heavy atom. The summed E-state index contributed by atoms with van der Waals surface area (Å²) in [6.07, 6.45) is 0. The van der Waals surface area contributed by atoms with Crippen LogP contribution in [0.2, 0.25) is 0 Å². The third-order valence-electron chi connectivity index (χ3n) is 4.31. The number of benzene rings is 1. The summed E-state index contributed by atoms with van der Waals surface area (Å²) >= 11 is 0. The van der Waals surface area contributed by atoms with Crippen molar-refractivity contribution in [2.75, 3.05) is 5.73 Å². The van der Waals surface area contributed by atoms with Crippen molar-refractivity contribution in [3.8, 4) is 11.4 Å². The first-order valence-electron chi connectivity index (χ1n) is 7.33. The van der Waals surface area contributed by atoms with E-state index in [9.17, 15) is 0 Å². The Bertz CT molecular complexity index is 637. The van der Waals surface area contributed by atoms with Gasteiger partial charge >= 0.3 is 0 Å². The number of aromatic nitrogens is 4. The maximum absolute atomic E-state index is 6.04. The number of nitrogens with zero attached hydrogens (tertiary/aromatic N) is 4. The summed E-state index contributed by atoms with van der Waals surface area (Å²) in [6.45, 7) is 13.8. The largest absolute Gasteiger partial charge is 0.398 e. The van der Waals surface area contributed by atoms with Crippen LogP contribution < -0.4 is 5.73 Å². The molecule has 1 aromatic heterocycles. The fourth-order valence-corrected chi connectivity index (χ4v) is 2.16. The monoisotopic (exact) mass is 287 g/mol. The third kappa shape index (κ3) is 3.23. The molecule has 2 rings (SSSR count). The molecular formula is C16H25N5. The summed E-state index contributed by atoms with van der Waals surface area (Å²) in [5.74, 6) is 1.25. The van der Waals surface area contributed by atoms with E-state index in [2.05, 4.69) is 56.2 Å². The molecule has 5 heteroatoms. The van der Waals surface area contributed by atoms with Crippen LogP contribution in [0.4, 0.5) is 5.69 Å². The lowest BCUT2D eigenvalue weighted by Gasteiger charge is -2.27. The van der Waals surface area contributed by atoms with Gasteiger partial charge in [0, 0.05) is 17.8 Å². The standard InChI is InChI=1S/C16H25N5/c1-10-7-11(2)14(17)8-13(10)15-18-19-20-21(15)9-12(3)16(4,5)6/h7-8,12H,9,17H2,1-6H3. The highest BCUT2D eigenvalue weighted by Crippen LogP contribution is 2.29. The lowest BCUT2D eigenvalue weighted by Crippen LogP contribution is -2.23. The van der Waals surface area contributed by atoms with Gasteiger partial charge in [0.25, 0.3) is 0 Å². The van der Waals surface area contributed by atoms with Crippen LogP contribution >= 0.6 is 0 Å². The van der Waals surface area contributed by atoms with Crippen molar-refractivity contribution in [1.29, 1.82) is 0 Å². The van der Waals surface area contributed by atoms with E-state index in [4.69, 9.17) is 5.73 Å². The van der Waals surface area contributed by atoms with Crippen molar-refractivity contribution in [2.45, 2.75) is 48.1 Å². The Hall–Kier alpha value is -1.91. The Labute approximate surface area is 126 Å². The summed E-state index contributed by atoms with van der Waals surface area (Å²) in [5, 5.41) is 12.2. The number of hydrogen-bond donors (Lipinski definition) is 1. The first-order valence-corrected chi connectivity index (χ1v) is 7.33. The zero-order chi connectivity index (χ0) is 15.8. The minimum atomic E-state index is 0.213. The van der Waals surface area contributed by atoms with E-state index in [0.717, 1.165) is 34.7 Å². The van der Waals surface area contributed by atoms with Crippen LogP contribution in [0.3, 0.4) is 0 Å². The molecule has 0 aliphatic carbocycles. The topological polar surface area (TPSA) is 69.6 Å². The number of tetrazole rings is 1. The Kier molecular flexibility index (Phi) is 4.03. The van der Waals surface area contributed by atoms with Crippen molar-refractivity contribution in [2.24, 2.45) is 11.3 Å². The van der Waals surface area contributed by atoms with Gasteiger partial charge in [0.05, 0.1) is 0 Å². The fourth-order valence-electron chi connectivity index (χ4n) is 2.16. The van der Waals surface area contributed by atoms with Gasteiger partial charge in [-0.3, -0.25) is 0 Å². The van der Waals surface area contributed by atoms with Crippen LogP contribution in [0, 0.1) is 25.2 Å². The van der Waals surface area contributed by atoms with Crippen molar-refractivity contribution in [3.63, 3.8) is 0 Å². The van der Waals surface area contributed by atoms with E-state index in [0.29, 0.717) is 5.92 Å². The molecule has 21 heavy (non-hydrogen) atoms. The van der Waals surface area contributed by atoms with E-state index in [1.807, 2.05) is 17.7 Å².